The fourth-order valence-electron chi connectivity index (χ4n) is 3.51. The Labute approximate surface area is 178 Å². The number of aryl methyl sites for hydroxylation is 2. The molecule has 1 aromatic carbocycles. The first-order chi connectivity index (χ1) is 14.2. The SMILES string of the molecule is CCOC(=O)c1c(C)[nH]c(C(=O)[C@H](C)N(C)Cc2cc(OC)c(OC)cc2C)c1C. The average Bonchev–Trinajstić information content (AvgIpc) is 3.01. The maximum atomic E-state index is 13.2. The van der Waals surface area contributed by atoms with Crippen LogP contribution in [0.1, 0.15) is 57.1 Å². The van der Waals surface area contributed by atoms with Crippen molar-refractivity contribution in [1.82, 2.24) is 9.88 Å². The van der Waals surface area contributed by atoms with Crippen molar-refractivity contribution in [3.8, 4) is 11.5 Å². The first-order valence-corrected chi connectivity index (χ1v) is 9.98. The number of Topliss-reactive ketones (excluding diaryl/α,β-unsaturated/α-hetero) is 1. The lowest BCUT2D eigenvalue weighted by Crippen LogP contribution is -2.36. The number of hydrogen-bond donors (Lipinski definition) is 1. The number of methoxy groups -OCH3 is 2. The molecule has 164 valence electrons. The number of carbonyl (C=O) groups is 2. The predicted octanol–water partition coefficient (Wildman–Crippen LogP) is 3.84. The highest BCUT2D eigenvalue weighted by atomic mass is 16.5. The van der Waals surface area contributed by atoms with Crippen LogP contribution < -0.4 is 9.47 Å². The quantitative estimate of drug-likeness (QED) is 0.494. The Balaban J connectivity index is 2.25. The molecule has 2 aromatic rings. The molecule has 0 bridgehead atoms. The van der Waals surface area contributed by atoms with E-state index in [1.54, 1.807) is 35.0 Å². The lowest BCUT2D eigenvalue weighted by molar-refractivity contribution is 0.0525. The fraction of sp³-hybridized carbons (Fsp3) is 0.478. The summed E-state index contributed by atoms with van der Waals surface area (Å²) in [6.45, 7) is 10.0. The van der Waals surface area contributed by atoms with Gasteiger partial charge >= 0.3 is 5.97 Å². The normalized spacial score (nSPS) is 12.0. The lowest BCUT2D eigenvalue weighted by atomic mass is 10.0. The van der Waals surface area contributed by atoms with Crippen LogP contribution in [-0.2, 0) is 11.3 Å². The van der Waals surface area contributed by atoms with Crippen LogP contribution in [0.25, 0.3) is 0 Å². The number of H-pyrrole nitrogens is 1. The van der Waals surface area contributed by atoms with Crippen LogP contribution >= 0.6 is 0 Å². The van der Waals surface area contributed by atoms with E-state index in [1.807, 2.05) is 37.9 Å². The Morgan fingerprint density at radius 1 is 1.10 bits per heavy atom. The number of ketones is 1. The van der Waals surface area contributed by atoms with Crippen molar-refractivity contribution in [3.05, 3.63) is 45.8 Å². The standard InChI is InChI=1S/C23H32N2O5/c1-9-30-23(27)20-14(3)21(24-15(20)4)22(26)16(5)25(6)12-17-11-19(29-8)18(28-7)10-13(17)2/h10-11,16,24H,9,12H2,1-8H3/t16-/m0/s1. The third kappa shape index (κ3) is 4.67. The average molecular weight is 417 g/mol. The molecule has 0 saturated carbocycles. The summed E-state index contributed by atoms with van der Waals surface area (Å²) >= 11 is 0. The van der Waals surface area contributed by atoms with Gasteiger partial charge in [0, 0.05) is 12.2 Å². The summed E-state index contributed by atoms with van der Waals surface area (Å²) in [5.74, 6) is 0.839. The number of hydrogen-bond acceptors (Lipinski definition) is 6. The number of aromatic nitrogens is 1. The third-order valence-electron chi connectivity index (χ3n) is 5.47. The molecule has 0 unspecified atom stereocenters. The second kappa shape index (κ2) is 9.80. The summed E-state index contributed by atoms with van der Waals surface area (Å²) in [5.41, 5.74) is 4.24. The Bertz CT molecular complexity index is 932. The molecule has 0 aliphatic rings. The van der Waals surface area contributed by atoms with Gasteiger partial charge in [0.25, 0.3) is 0 Å². The molecule has 0 amide bonds. The second-order valence-corrected chi connectivity index (χ2v) is 7.43. The van der Waals surface area contributed by atoms with Gasteiger partial charge in [0.05, 0.1) is 38.1 Å². The van der Waals surface area contributed by atoms with Crippen LogP contribution in [0, 0.1) is 20.8 Å². The summed E-state index contributed by atoms with van der Waals surface area (Å²) in [4.78, 5) is 30.5. The Hall–Kier alpha value is -2.80. The fourth-order valence-corrected chi connectivity index (χ4v) is 3.51. The number of rotatable bonds is 9. The summed E-state index contributed by atoms with van der Waals surface area (Å²) in [5, 5.41) is 0. The number of nitrogens with one attached hydrogen (secondary N) is 1. The number of likely N-dealkylation sites (N-methyl/N-ethyl adjacent to an activating group) is 1. The molecule has 1 aromatic heterocycles. The molecule has 0 radical (unpaired) electrons. The van der Waals surface area contributed by atoms with Crippen molar-refractivity contribution < 1.29 is 23.8 Å². The van der Waals surface area contributed by atoms with Crippen LogP contribution in [0.5, 0.6) is 11.5 Å². The van der Waals surface area contributed by atoms with E-state index >= 15 is 0 Å². The van der Waals surface area contributed by atoms with Crippen LogP contribution in [0.3, 0.4) is 0 Å². The van der Waals surface area contributed by atoms with E-state index in [0.717, 1.165) is 11.1 Å². The Kier molecular flexibility index (Phi) is 7.67. The molecule has 1 heterocycles. The summed E-state index contributed by atoms with van der Waals surface area (Å²) in [6.07, 6.45) is 0. The molecule has 0 spiro atoms. The van der Waals surface area contributed by atoms with E-state index in [-0.39, 0.29) is 12.4 Å². The topological polar surface area (TPSA) is 80.9 Å². The highest BCUT2D eigenvalue weighted by molar-refractivity contribution is 6.03. The molecule has 1 atom stereocenters. The molecule has 2 rings (SSSR count). The Morgan fingerprint density at radius 2 is 1.70 bits per heavy atom. The van der Waals surface area contributed by atoms with Crippen molar-refractivity contribution in [2.45, 2.75) is 47.2 Å². The first-order valence-electron chi connectivity index (χ1n) is 9.98. The molecule has 1 N–H and O–H groups in total. The van der Waals surface area contributed by atoms with Crippen LogP contribution in [0.4, 0.5) is 0 Å². The number of ether oxygens (including phenoxy) is 3. The zero-order valence-electron chi connectivity index (χ0n) is 19.1. The second-order valence-electron chi connectivity index (χ2n) is 7.43. The van der Waals surface area contributed by atoms with Gasteiger partial charge in [-0.05, 0) is 70.5 Å². The van der Waals surface area contributed by atoms with Gasteiger partial charge in [0.15, 0.2) is 17.3 Å². The van der Waals surface area contributed by atoms with E-state index in [0.29, 0.717) is 40.6 Å². The van der Waals surface area contributed by atoms with Crippen LogP contribution in [0.15, 0.2) is 12.1 Å². The number of nitrogens with zero attached hydrogens (tertiary/aromatic N) is 1. The van der Waals surface area contributed by atoms with Gasteiger partial charge in [-0.2, -0.15) is 0 Å². The zero-order chi connectivity index (χ0) is 22.6. The number of carbonyl (C=O) groups excluding carboxylic acids is 2. The minimum Gasteiger partial charge on any atom is -0.493 e. The van der Waals surface area contributed by atoms with Gasteiger partial charge in [-0.3, -0.25) is 9.69 Å². The smallest absolute Gasteiger partial charge is 0.340 e. The molecule has 30 heavy (non-hydrogen) atoms. The molecular formula is C23H32N2O5. The van der Waals surface area contributed by atoms with E-state index in [1.165, 1.54) is 0 Å². The van der Waals surface area contributed by atoms with Crippen molar-refractivity contribution >= 4 is 11.8 Å². The van der Waals surface area contributed by atoms with Gasteiger partial charge < -0.3 is 19.2 Å². The minimum atomic E-state index is -0.412. The van der Waals surface area contributed by atoms with Crippen molar-refractivity contribution in [3.63, 3.8) is 0 Å². The maximum Gasteiger partial charge on any atom is 0.340 e. The number of benzene rings is 1. The van der Waals surface area contributed by atoms with Gasteiger partial charge in [-0.25, -0.2) is 4.79 Å². The predicted molar refractivity (Wildman–Crippen MR) is 116 cm³/mol. The number of aromatic amines is 1. The van der Waals surface area contributed by atoms with E-state index < -0.39 is 12.0 Å². The van der Waals surface area contributed by atoms with Crippen molar-refractivity contribution in [2.24, 2.45) is 0 Å². The molecule has 0 saturated heterocycles. The summed E-state index contributed by atoms with van der Waals surface area (Å²) < 4.78 is 15.9. The summed E-state index contributed by atoms with van der Waals surface area (Å²) in [6, 6.07) is 3.47. The monoisotopic (exact) mass is 416 g/mol. The molecular weight excluding hydrogens is 384 g/mol. The van der Waals surface area contributed by atoms with Crippen LogP contribution in [0.2, 0.25) is 0 Å². The lowest BCUT2D eigenvalue weighted by Gasteiger charge is -2.25. The molecule has 7 heteroatoms. The van der Waals surface area contributed by atoms with Gasteiger partial charge in [0.1, 0.15) is 0 Å². The number of esters is 1. The Morgan fingerprint density at radius 3 is 2.27 bits per heavy atom. The largest absolute Gasteiger partial charge is 0.493 e. The highest BCUT2D eigenvalue weighted by Crippen LogP contribution is 2.31. The van der Waals surface area contributed by atoms with E-state index in [9.17, 15) is 9.59 Å². The van der Waals surface area contributed by atoms with Crippen molar-refractivity contribution in [1.29, 1.82) is 0 Å². The molecule has 0 aliphatic carbocycles. The van der Waals surface area contributed by atoms with Gasteiger partial charge in [0.2, 0.25) is 0 Å². The highest BCUT2D eigenvalue weighted by Gasteiger charge is 2.27. The summed E-state index contributed by atoms with van der Waals surface area (Å²) in [7, 11) is 5.11. The molecule has 0 fully saturated rings. The van der Waals surface area contributed by atoms with Crippen molar-refractivity contribution in [2.75, 3.05) is 27.9 Å². The van der Waals surface area contributed by atoms with Gasteiger partial charge in [-0.1, -0.05) is 0 Å². The third-order valence-corrected chi connectivity index (χ3v) is 5.47. The first kappa shape index (κ1) is 23.5. The van der Waals surface area contributed by atoms with Crippen LogP contribution in [-0.4, -0.2) is 55.6 Å². The van der Waals surface area contributed by atoms with E-state index in [2.05, 4.69) is 4.98 Å². The van der Waals surface area contributed by atoms with E-state index in [4.69, 9.17) is 14.2 Å². The molecule has 7 nitrogen and oxygen atoms in total. The molecule has 0 aliphatic heterocycles. The maximum absolute atomic E-state index is 13.2. The minimum absolute atomic E-state index is 0.0771. The van der Waals surface area contributed by atoms with Gasteiger partial charge in [-0.15, -0.1) is 0 Å². The zero-order valence-corrected chi connectivity index (χ0v) is 19.1.